The Balaban J connectivity index is 1.78. The molecule has 0 fully saturated rings. The first-order valence-electron chi connectivity index (χ1n) is 8.16. The standard InChI is InChI=1S/C17H17FN6O2S2/c1-17(8-28(3,25)24(2)16(19)21-17)11-6-10(4-5-12(11)18)14-22-23-15(26-14)13-7-27-9-20-13/h4-7,9H,3,8H2,1-2H3,(H2,19,21)/t17-,28?/m0/s1. The monoisotopic (exact) mass is 420 g/mol. The molecule has 11 heteroatoms. The Hall–Kier alpha value is -2.79. The molecule has 8 nitrogen and oxygen atoms in total. The van der Waals surface area contributed by atoms with E-state index >= 15 is 0 Å². The molecule has 1 aliphatic heterocycles. The van der Waals surface area contributed by atoms with E-state index in [1.54, 1.807) is 30.9 Å². The van der Waals surface area contributed by atoms with Crippen LogP contribution in [-0.4, -0.2) is 48.3 Å². The Bertz CT molecular complexity index is 1170. The molecule has 28 heavy (non-hydrogen) atoms. The summed E-state index contributed by atoms with van der Waals surface area (Å²) in [5.41, 5.74) is 7.74. The van der Waals surface area contributed by atoms with Crippen LogP contribution >= 0.6 is 11.3 Å². The van der Waals surface area contributed by atoms with Crippen molar-refractivity contribution in [2.24, 2.45) is 10.7 Å². The molecule has 0 amide bonds. The van der Waals surface area contributed by atoms with Crippen LogP contribution in [0.4, 0.5) is 4.39 Å². The molecule has 3 heterocycles. The fourth-order valence-corrected chi connectivity index (χ4v) is 5.23. The molecule has 0 aliphatic carbocycles. The van der Waals surface area contributed by atoms with Gasteiger partial charge >= 0.3 is 0 Å². The lowest BCUT2D eigenvalue weighted by Crippen LogP contribution is -2.50. The maximum absolute atomic E-state index is 14.7. The molecule has 0 radical (unpaired) electrons. The molecular formula is C17H17FN6O2S2. The number of benzene rings is 1. The Morgan fingerprint density at radius 1 is 1.39 bits per heavy atom. The second-order valence-corrected chi connectivity index (χ2v) is 9.74. The van der Waals surface area contributed by atoms with E-state index in [0.717, 1.165) is 0 Å². The summed E-state index contributed by atoms with van der Waals surface area (Å²) in [7, 11) is -1.18. The van der Waals surface area contributed by atoms with Gasteiger partial charge in [-0.15, -0.1) is 21.5 Å². The summed E-state index contributed by atoms with van der Waals surface area (Å²) in [5, 5.41) is 9.80. The number of nitrogens with two attached hydrogens (primary N) is 1. The lowest BCUT2D eigenvalue weighted by molar-refractivity contribution is 0.481. The number of thiazole rings is 1. The van der Waals surface area contributed by atoms with Crippen LogP contribution < -0.4 is 5.73 Å². The quantitative estimate of drug-likeness (QED) is 0.650. The van der Waals surface area contributed by atoms with Crippen LogP contribution in [-0.2, 0) is 15.2 Å². The van der Waals surface area contributed by atoms with Crippen molar-refractivity contribution in [1.82, 2.24) is 19.5 Å². The fraction of sp³-hybridized carbons (Fsp3) is 0.235. The highest BCUT2D eigenvalue weighted by Gasteiger charge is 2.39. The zero-order valence-electron chi connectivity index (χ0n) is 15.1. The van der Waals surface area contributed by atoms with E-state index in [9.17, 15) is 8.60 Å². The number of rotatable bonds is 3. The first-order valence-corrected chi connectivity index (χ1v) is 11.0. The van der Waals surface area contributed by atoms with Crippen LogP contribution in [0.25, 0.3) is 23.0 Å². The minimum Gasteiger partial charge on any atom is -0.415 e. The maximum atomic E-state index is 14.7. The maximum Gasteiger partial charge on any atom is 0.267 e. The van der Waals surface area contributed by atoms with Crippen molar-refractivity contribution in [3.63, 3.8) is 0 Å². The topological polar surface area (TPSA) is 110 Å². The first kappa shape index (κ1) is 18.6. The fourth-order valence-electron chi connectivity index (χ4n) is 3.03. The average molecular weight is 420 g/mol. The van der Waals surface area contributed by atoms with Gasteiger partial charge in [0.1, 0.15) is 17.1 Å². The van der Waals surface area contributed by atoms with E-state index in [0.29, 0.717) is 11.3 Å². The molecule has 2 aromatic heterocycles. The van der Waals surface area contributed by atoms with Crippen molar-refractivity contribution < 1.29 is 13.0 Å². The Morgan fingerprint density at radius 2 is 2.14 bits per heavy atom. The molecular weight excluding hydrogens is 403 g/mol. The van der Waals surface area contributed by atoms with Crippen LogP contribution in [0.3, 0.4) is 0 Å². The van der Waals surface area contributed by atoms with E-state index in [-0.39, 0.29) is 29.1 Å². The molecule has 2 N–H and O–H groups in total. The van der Waals surface area contributed by atoms with E-state index in [2.05, 4.69) is 26.0 Å². The van der Waals surface area contributed by atoms with Crippen molar-refractivity contribution in [1.29, 1.82) is 0 Å². The Labute approximate surface area is 165 Å². The number of halogens is 1. The number of hydrogen-bond acceptors (Lipinski definition) is 8. The van der Waals surface area contributed by atoms with Crippen molar-refractivity contribution >= 4 is 32.9 Å². The molecule has 0 saturated heterocycles. The van der Waals surface area contributed by atoms with Crippen molar-refractivity contribution in [2.45, 2.75) is 12.5 Å². The summed E-state index contributed by atoms with van der Waals surface area (Å²) in [4.78, 5) is 8.52. The van der Waals surface area contributed by atoms with Gasteiger partial charge in [0.25, 0.3) is 5.89 Å². The SMILES string of the molecule is C=S1(=O)C[C@@](C)(c2cc(-c3nnc(-c4cscn4)o3)ccc2F)N=C(N)N1C. The molecule has 0 spiro atoms. The minimum atomic E-state index is -2.73. The molecule has 3 aromatic rings. The average Bonchev–Trinajstić information content (AvgIpc) is 3.31. The van der Waals surface area contributed by atoms with Gasteiger partial charge in [-0.05, 0) is 31.0 Å². The third-order valence-electron chi connectivity index (χ3n) is 4.56. The van der Waals surface area contributed by atoms with Gasteiger partial charge in [0.2, 0.25) is 11.9 Å². The van der Waals surface area contributed by atoms with Crippen LogP contribution in [0.1, 0.15) is 12.5 Å². The number of nitrogens with zero attached hydrogens (tertiary/aromatic N) is 5. The number of hydrogen-bond donors (Lipinski definition) is 1. The zero-order valence-corrected chi connectivity index (χ0v) is 16.8. The zero-order chi connectivity index (χ0) is 20.1. The molecule has 2 atom stereocenters. The molecule has 0 saturated carbocycles. The van der Waals surface area contributed by atoms with Crippen LogP contribution in [0, 0.1) is 5.82 Å². The predicted octanol–water partition coefficient (Wildman–Crippen LogP) is 2.11. The van der Waals surface area contributed by atoms with Gasteiger partial charge < -0.3 is 10.2 Å². The number of aliphatic imine (C=N–C) groups is 1. The van der Waals surface area contributed by atoms with Crippen molar-refractivity contribution in [3.05, 3.63) is 40.5 Å². The smallest absolute Gasteiger partial charge is 0.267 e. The Kier molecular flexibility index (Phi) is 4.23. The summed E-state index contributed by atoms with van der Waals surface area (Å²) in [6.07, 6.45) is 0. The third-order valence-corrected chi connectivity index (χ3v) is 7.34. The van der Waals surface area contributed by atoms with Gasteiger partial charge in [-0.1, -0.05) is 0 Å². The predicted molar refractivity (Wildman–Crippen MR) is 108 cm³/mol. The summed E-state index contributed by atoms with van der Waals surface area (Å²) < 4.78 is 34.5. The van der Waals surface area contributed by atoms with Gasteiger partial charge in [0.15, 0.2) is 0 Å². The molecule has 0 bridgehead atoms. The largest absolute Gasteiger partial charge is 0.415 e. The van der Waals surface area contributed by atoms with Crippen LogP contribution in [0.5, 0.6) is 0 Å². The van der Waals surface area contributed by atoms with Gasteiger partial charge in [0, 0.05) is 23.6 Å². The molecule has 1 unspecified atom stereocenters. The van der Waals surface area contributed by atoms with E-state index in [1.165, 1.54) is 27.8 Å². The second-order valence-electron chi connectivity index (χ2n) is 6.64. The van der Waals surface area contributed by atoms with Gasteiger partial charge in [-0.2, -0.15) is 0 Å². The number of guanidine groups is 1. The van der Waals surface area contributed by atoms with Gasteiger partial charge in [-0.3, -0.25) is 4.31 Å². The van der Waals surface area contributed by atoms with Crippen molar-refractivity contribution in [2.75, 3.05) is 12.8 Å². The summed E-state index contributed by atoms with van der Waals surface area (Å²) in [6, 6.07) is 4.38. The summed E-state index contributed by atoms with van der Waals surface area (Å²) >= 11 is 1.41. The highest BCUT2D eigenvalue weighted by molar-refractivity contribution is 7.98. The normalized spacial score (nSPS) is 25.0. The lowest BCUT2D eigenvalue weighted by atomic mass is 9.92. The summed E-state index contributed by atoms with van der Waals surface area (Å²) in [6.45, 7) is 1.68. The number of aromatic nitrogens is 3. The van der Waals surface area contributed by atoms with Crippen LogP contribution in [0.15, 0.2) is 38.5 Å². The Morgan fingerprint density at radius 3 is 2.82 bits per heavy atom. The van der Waals surface area contributed by atoms with E-state index < -0.39 is 21.1 Å². The molecule has 1 aromatic carbocycles. The van der Waals surface area contributed by atoms with E-state index in [1.807, 2.05) is 0 Å². The molecule has 4 rings (SSSR count). The third kappa shape index (κ3) is 3.06. The van der Waals surface area contributed by atoms with E-state index in [4.69, 9.17) is 10.2 Å². The van der Waals surface area contributed by atoms with Crippen molar-refractivity contribution in [3.8, 4) is 23.0 Å². The second kappa shape index (κ2) is 6.38. The van der Waals surface area contributed by atoms with Gasteiger partial charge in [-0.25, -0.2) is 18.6 Å². The molecule has 146 valence electrons. The first-order chi connectivity index (χ1) is 13.2. The van der Waals surface area contributed by atoms with Crippen LogP contribution in [0.2, 0.25) is 0 Å². The highest BCUT2D eigenvalue weighted by atomic mass is 32.2. The minimum absolute atomic E-state index is 0.0193. The molecule has 1 aliphatic rings. The summed E-state index contributed by atoms with van der Waals surface area (Å²) in [5.74, 6) is 3.80. The lowest BCUT2D eigenvalue weighted by Gasteiger charge is -2.37. The highest BCUT2D eigenvalue weighted by Crippen LogP contribution is 2.35. The van der Waals surface area contributed by atoms with Gasteiger partial charge in [0.05, 0.1) is 21.0 Å².